The van der Waals surface area contributed by atoms with Crippen LogP contribution in [0.5, 0.6) is 0 Å². The Morgan fingerprint density at radius 2 is 1.88 bits per heavy atom. The third-order valence-electron chi connectivity index (χ3n) is 2.07. The second kappa shape index (κ2) is 4.44. The van der Waals surface area contributed by atoms with Crippen molar-refractivity contribution >= 4 is 38.3 Å². The standard InChI is InChI=1S/C11H10INO4/c1-7(14)13-11(16)9-5-3-4-6-10(9)12(13)17-8(2)15/h3-6H,1-2H3. The maximum absolute atomic E-state index is 12.0. The number of hydrogen-bond donors (Lipinski definition) is 0. The van der Waals surface area contributed by atoms with Gasteiger partial charge in [0.25, 0.3) is 0 Å². The van der Waals surface area contributed by atoms with Gasteiger partial charge in [-0.25, -0.2) is 0 Å². The molecule has 0 atom stereocenters. The second-order valence-corrected chi connectivity index (χ2v) is 7.27. The summed E-state index contributed by atoms with van der Waals surface area (Å²) >= 11 is -2.68. The van der Waals surface area contributed by atoms with Gasteiger partial charge < -0.3 is 0 Å². The Morgan fingerprint density at radius 1 is 1.24 bits per heavy atom. The molecule has 2 rings (SSSR count). The molecule has 0 bridgehead atoms. The fraction of sp³-hybridized carbons (Fsp3) is 0.182. The molecule has 1 aromatic rings. The molecule has 2 amide bonds. The summed E-state index contributed by atoms with van der Waals surface area (Å²) in [7, 11) is 0. The Bertz CT molecular complexity index is 514. The summed E-state index contributed by atoms with van der Waals surface area (Å²) in [5, 5.41) is 0. The number of fused-ring (bicyclic) bond motifs is 1. The van der Waals surface area contributed by atoms with Crippen LogP contribution in [0.25, 0.3) is 0 Å². The van der Waals surface area contributed by atoms with Gasteiger partial charge >= 0.3 is 106 Å². The zero-order valence-electron chi connectivity index (χ0n) is 9.27. The Hall–Kier alpha value is -1.44. The number of carbonyl (C=O) groups excluding carboxylic acids is 3. The minimum atomic E-state index is -2.68. The van der Waals surface area contributed by atoms with Crippen molar-refractivity contribution in [2.45, 2.75) is 13.8 Å². The number of halogens is 1. The minimum absolute atomic E-state index is 0.362. The molecular weight excluding hydrogens is 337 g/mol. The van der Waals surface area contributed by atoms with E-state index in [0.29, 0.717) is 9.13 Å². The first kappa shape index (κ1) is 12.0. The zero-order valence-corrected chi connectivity index (χ0v) is 11.4. The number of imide groups is 1. The van der Waals surface area contributed by atoms with Crippen LogP contribution >= 0.6 is 20.5 Å². The average Bonchev–Trinajstić information content (AvgIpc) is 2.52. The van der Waals surface area contributed by atoms with Crippen molar-refractivity contribution in [2.75, 3.05) is 0 Å². The Kier molecular flexibility index (Phi) is 3.14. The van der Waals surface area contributed by atoms with Crippen molar-refractivity contribution in [3.63, 3.8) is 0 Å². The third kappa shape index (κ3) is 2.04. The van der Waals surface area contributed by atoms with E-state index >= 15 is 0 Å². The molecule has 1 heterocycles. The Morgan fingerprint density at radius 3 is 2.47 bits per heavy atom. The first-order valence-corrected chi connectivity index (χ1v) is 7.78. The van der Waals surface area contributed by atoms with Gasteiger partial charge in [0.2, 0.25) is 0 Å². The first-order valence-electron chi connectivity index (χ1n) is 4.85. The molecule has 17 heavy (non-hydrogen) atoms. The molecule has 0 radical (unpaired) electrons. The molecule has 1 aromatic carbocycles. The van der Waals surface area contributed by atoms with Crippen molar-refractivity contribution in [1.82, 2.24) is 3.11 Å². The quantitative estimate of drug-likeness (QED) is 0.574. The van der Waals surface area contributed by atoms with Crippen LogP contribution in [-0.2, 0) is 12.7 Å². The van der Waals surface area contributed by atoms with Gasteiger partial charge in [-0.2, -0.15) is 0 Å². The van der Waals surface area contributed by atoms with E-state index in [9.17, 15) is 14.4 Å². The Labute approximate surface area is 106 Å². The van der Waals surface area contributed by atoms with Crippen molar-refractivity contribution in [2.24, 2.45) is 0 Å². The number of hydrogen-bond acceptors (Lipinski definition) is 4. The van der Waals surface area contributed by atoms with Gasteiger partial charge in [0.15, 0.2) is 0 Å². The molecule has 0 aliphatic carbocycles. The third-order valence-corrected chi connectivity index (χ3v) is 7.03. The van der Waals surface area contributed by atoms with Crippen LogP contribution in [-0.4, -0.2) is 20.9 Å². The van der Waals surface area contributed by atoms with Gasteiger partial charge in [-0.15, -0.1) is 0 Å². The van der Waals surface area contributed by atoms with E-state index in [-0.39, 0.29) is 11.8 Å². The molecule has 0 aromatic heterocycles. The summed E-state index contributed by atoms with van der Waals surface area (Å²) in [6, 6.07) is 6.88. The zero-order chi connectivity index (χ0) is 12.6. The molecule has 5 nitrogen and oxygen atoms in total. The van der Waals surface area contributed by atoms with Crippen LogP contribution in [0.1, 0.15) is 24.2 Å². The summed E-state index contributed by atoms with van der Waals surface area (Å²) in [5.74, 6) is -1.21. The number of benzene rings is 1. The van der Waals surface area contributed by atoms with E-state index in [1.165, 1.54) is 13.8 Å². The number of amides is 2. The van der Waals surface area contributed by atoms with E-state index in [4.69, 9.17) is 3.07 Å². The summed E-state index contributed by atoms with van der Waals surface area (Å²) < 4.78 is 6.99. The van der Waals surface area contributed by atoms with Crippen molar-refractivity contribution in [3.8, 4) is 0 Å². The molecule has 0 spiro atoms. The maximum atomic E-state index is 12.0. The average molecular weight is 347 g/mol. The summed E-state index contributed by atoms with van der Waals surface area (Å²) in [4.78, 5) is 34.5. The van der Waals surface area contributed by atoms with Gasteiger partial charge in [-0.3, -0.25) is 0 Å². The Balaban J connectivity index is 2.49. The van der Waals surface area contributed by atoms with E-state index < -0.39 is 26.5 Å². The van der Waals surface area contributed by atoms with Crippen LogP contribution in [0.3, 0.4) is 0 Å². The van der Waals surface area contributed by atoms with E-state index in [0.717, 1.165) is 3.11 Å². The van der Waals surface area contributed by atoms with Gasteiger partial charge in [-0.1, -0.05) is 0 Å². The van der Waals surface area contributed by atoms with E-state index in [1.807, 2.05) is 0 Å². The van der Waals surface area contributed by atoms with E-state index in [1.54, 1.807) is 24.3 Å². The van der Waals surface area contributed by atoms with Gasteiger partial charge in [0, 0.05) is 0 Å². The molecule has 1 aliphatic rings. The molecule has 0 fully saturated rings. The van der Waals surface area contributed by atoms with Crippen molar-refractivity contribution in [3.05, 3.63) is 33.4 Å². The molecule has 0 saturated carbocycles. The predicted octanol–water partition coefficient (Wildman–Crippen LogP) is 1.76. The van der Waals surface area contributed by atoms with Crippen LogP contribution in [0.2, 0.25) is 0 Å². The molecule has 1 aliphatic heterocycles. The monoisotopic (exact) mass is 347 g/mol. The summed E-state index contributed by atoms with van der Waals surface area (Å²) in [6.07, 6.45) is 0. The van der Waals surface area contributed by atoms with Gasteiger partial charge in [0.05, 0.1) is 0 Å². The molecule has 90 valence electrons. The normalized spacial score (nSPS) is 15.8. The summed E-state index contributed by atoms with van der Waals surface area (Å²) in [5.41, 5.74) is 0.467. The SMILES string of the molecule is CC(=O)OI1c2ccccc2C(=O)N1C(C)=O. The molecule has 6 heteroatoms. The fourth-order valence-electron chi connectivity index (χ4n) is 1.47. The molecule has 0 N–H and O–H groups in total. The number of nitrogens with zero attached hydrogens (tertiary/aromatic N) is 1. The van der Waals surface area contributed by atoms with Crippen LogP contribution in [0.15, 0.2) is 24.3 Å². The fourth-order valence-corrected chi connectivity index (χ4v) is 5.71. The van der Waals surface area contributed by atoms with Crippen molar-refractivity contribution in [1.29, 1.82) is 0 Å². The van der Waals surface area contributed by atoms with E-state index in [2.05, 4.69) is 0 Å². The first-order chi connectivity index (χ1) is 8.02. The topological polar surface area (TPSA) is 63.7 Å². The number of carbonyl (C=O) groups is 3. The van der Waals surface area contributed by atoms with Crippen molar-refractivity contribution < 1.29 is 17.4 Å². The summed E-state index contributed by atoms with van der Waals surface area (Å²) in [6.45, 7) is 2.58. The molecular formula is C11H10INO4. The van der Waals surface area contributed by atoms with Crippen LogP contribution < -0.4 is 0 Å². The molecule has 0 unspecified atom stereocenters. The molecule has 0 saturated heterocycles. The predicted molar refractivity (Wildman–Crippen MR) is 67.8 cm³/mol. The number of rotatable bonds is 1. The van der Waals surface area contributed by atoms with Crippen LogP contribution in [0, 0.1) is 3.57 Å². The van der Waals surface area contributed by atoms with Gasteiger partial charge in [0.1, 0.15) is 0 Å². The second-order valence-electron chi connectivity index (χ2n) is 3.38. The van der Waals surface area contributed by atoms with Crippen LogP contribution in [0.4, 0.5) is 0 Å². The van der Waals surface area contributed by atoms with Gasteiger partial charge in [-0.05, 0) is 0 Å².